The van der Waals surface area contributed by atoms with Gasteiger partial charge in [0.15, 0.2) is 0 Å². The molecule has 0 aliphatic carbocycles. The van der Waals surface area contributed by atoms with Crippen LogP contribution in [0.15, 0.2) is 90.1 Å². The summed E-state index contributed by atoms with van der Waals surface area (Å²) in [6, 6.07) is 27.1. The summed E-state index contributed by atoms with van der Waals surface area (Å²) in [5.41, 5.74) is 2.65. The van der Waals surface area contributed by atoms with Gasteiger partial charge in [-0.05, 0) is 53.8 Å². The highest BCUT2D eigenvalue weighted by molar-refractivity contribution is 6.06. The Kier molecular flexibility index (Phi) is 6.23. The number of oxime groups is 1. The second-order valence-electron chi connectivity index (χ2n) is 8.84. The molecule has 0 N–H and O–H groups in total. The zero-order valence-electron chi connectivity index (χ0n) is 19.4. The minimum Gasteiger partial charge on any atom is -0.497 e. The minimum atomic E-state index is -0.899. The average Bonchev–Trinajstić information content (AvgIpc) is 3.50. The Balaban J connectivity index is 1.41. The highest BCUT2D eigenvalue weighted by Crippen LogP contribution is 2.34. The van der Waals surface area contributed by atoms with Gasteiger partial charge in [0.05, 0.1) is 18.4 Å². The predicted octanol–water partition coefficient (Wildman–Crippen LogP) is 4.39. The van der Waals surface area contributed by atoms with E-state index in [2.05, 4.69) is 5.16 Å². The smallest absolute Gasteiger partial charge is 0.417 e. The van der Waals surface area contributed by atoms with Crippen LogP contribution in [0.2, 0.25) is 0 Å². The van der Waals surface area contributed by atoms with Gasteiger partial charge in [-0.15, -0.1) is 0 Å². The summed E-state index contributed by atoms with van der Waals surface area (Å²) in [7, 11) is 1.60. The molecule has 0 spiro atoms. The van der Waals surface area contributed by atoms with Gasteiger partial charge in [-0.25, -0.2) is 9.69 Å². The monoisotopic (exact) mass is 470 g/mol. The SMILES string of the molecule is COc1ccc(C2=NOC(C(=O)N3C(=O)OCC3(Cc3ccccc3)Cc3ccccc3)C2)cc1. The van der Waals surface area contributed by atoms with Gasteiger partial charge in [0, 0.05) is 6.42 Å². The molecule has 2 heterocycles. The van der Waals surface area contributed by atoms with Gasteiger partial charge in [-0.1, -0.05) is 65.8 Å². The zero-order chi connectivity index (χ0) is 24.3. The maximum absolute atomic E-state index is 13.7. The topological polar surface area (TPSA) is 77.4 Å². The Labute approximate surface area is 203 Å². The van der Waals surface area contributed by atoms with Crippen LogP contribution in [-0.2, 0) is 27.2 Å². The summed E-state index contributed by atoms with van der Waals surface area (Å²) in [6.45, 7) is 0.111. The Morgan fingerprint density at radius 3 is 2.14 bits per heavy atom. The molecular formula is C28H26N2O5. The molecule has 1 atom stereocenters. The molecule has 1 fully saturated rings. The van der Waals surface area contributed by atoms with Crippen LogP contribution >= 0.6 is 0 Å². The van der Waals surface area contributed by atoms with Crippen molar-refractivity contribution in [3.63, 3.8) is 0 Å². The first-order valence-electron chi connectivity index (χ1n) is 11.5. The third-order valence-electron chi connectivity index (χ3n) is 6.46. The maximum atomic E-state index is 13.7. The molecule has 0 saturated carbocycles. The fraction of sp³-hybridized carbons (Fsp3) is 0.250. The van der Waals surface area contributed by atoms with Crippen molar-refractivity contribution in [3.05, 3.63) is 102 Å². The van der Waals surface area contributed by atoms with E-state index < -0.39 is 23.6 Å². The number of rotatable bonds is 7. The van der Waals surface area contributed by atoms with Crippen molar-refractivity contribution in [2.24, 2.45) is 5.16 Å². The molecule has 3 aromatic rings. The van der Waals surface area contributed by atoms with Crippen LogP contribution in [0.4, 0.5) is 4.79 Å². The summed E-state index contributed by atoms with van der Waals surface area (Å²) in [5, 5.41) is 4.15. The molecule has 3 aromatic carbocycles. The fourth-order valence-electron chi connectivity index (χ4n) is 4.72. The van der Waals surface area contributed by atoms with E-state index in [0.29, 0.717) is 18.6 Å². The van der Waals surface area contributed by atoms with E-state index in [-0.39, 0.29) is 13.0 Å². The van der Waals surface area contributed by atoms with E-state index in [4.69, 9.17) is 14.3 Å². The number of methoxy groups -OCH3 is 1. The molecule has 7 heteroatoms. The summed E-state index contributed by atoms with van der Waals surface area (Å²) in [4.78, 5) is 33.5. The van der Waals surface area contributed by atoms with E-state index in [1.54, 1.807) is 7.11 Å². The highest BCUT2D eigenvalue weighted by Gasteiger charge is 2.53. The number of carbonyl (C=O) groups is 2. The fourth-order valence-corrected chi connectivity index (χ4v) is 4.72. The van der Waals surface area contributed by atoms with Crippen LogP contribution in [0, 0.1) is 0 Å². The highest BCUT2D eigenvalue weighted by atomic mass is 16.6. The number of ether oxygens (including phenoxy) is 2. The molecule has 1 saturated heterocycles. The molecule has 5 rings (SSSR count). The van der Waals surface area contributed by atoms with Gasteiger partial charge in [-0.2, -0.15) is 0 Å². The first-order chi connectivity index (χ1) is 17.1. The van der Waals surface area contributed by atoms with Crippen molar-refractivity contribution in [1.82, 2.24) is 4.90 Å². The van der Waals surface area contributed by atoms with Crippen LogP contribution in [0.25, 0.3) is 0 Å². The third kappa shape index (κ3) is 4.62. The number of hydrogen-bond donors (Lipinski definition) is 0. The van der Waals surface area contributed by atoms with Crippen molar-refractivity contribution >= 4 is 17.7 Å². The second-order valence-corrected chi connectivity index (χ2v) is 8.84. The molecule has 2 aliphatic heterocycles. The number of nitrogens with zero attached hydrogens (tertiary/aromatic N) is 2. The van der Waals surface area contributed by atoms with E-state index in [9.17, 15) is 9.59 Å². The lowest BCUT2D eigenvalue weighted by atomic mass is 9.84. The maximum Gasteiger partial charge on any atom is 0.417 e. The number of carbonyl (C=O) groups excluding carboxylic acids is 2. The molecular weight excluding hydrogens is 444 g/mol. The number of cyclic esters (lactones) is 1. The van der Waals surface area contributed by atoms with Crippen molar-refractivity contribution in [2.75, 3.05) is 13.7 Å². The van der Waals surface area contributed by atoms with Crippen LogP contribution in [0.1, 0.15) is 23.1 Å². The first-order valence-corrected chi connectivity index (χ1v) is 11.5. The summed E-state index contributed by atoms with van der Waals surface area (Å²) >= 11 is 0. The molecule has 0 aromatic heterocycles. The normalized spacial score (nSPS) is 18.5. The van der Waals surface area contributed by atoms with E-state index in [1.807, 2.05) is 84.9 Å². The summed E-state index contributed by atoms with van der Waals surface area (Å²) in [6.07, 6.45) is -0.341. The zero-order valence-corrected chi connectivity index (χ0v) is 19.4. The van der Waals surface area contributed by atoms with Gasteiger partial charge >= 0.3 is 6.09 Å². The second kappa shape index (κ2) is 9.62. The Hall–Kier alpha value is -4.13. The van der Waals surface area contributed by atoms with Gasteiger partial charge in [0.2, 0.25) is 6.10 Å². The van der Waals surface area contributed by atoms with E-state index in [1.165, 1.54) is 4.90 Å². The van der Waals surface area contributed by atoms with Gasteiger partial charge < -0.3 is 14.3 Å². The number of hydrogen-bond acceptors (Lipinski definition) is 6. The van der Waals surface area contributed by atoms with Crippen LogP contribution < -0.4 is 4.74 Å². The number of amides is 2. The molecule has 2 aliphatic rings. The minimum absolute atomic E-state index is 0.111. The summed E-state index contributed by atoms with van der Waals surface area (Å²) in [5.74, 6) is 0.291. The lowest BCUT2D eigenvalue weighted by Crippen LogP contribution is -2.56. The summed E-state index contributed by atoms with van der Waals surface area (Å²) < 4.78 is 10.7. The molecule has 1 unspecified atom stereocenters. The lowest BCUT2D eigenvalue weighted by Gasteiger charge is -2.35. The molecule has 178 valence electrons. The number of imide groups is 1. The average molecular weight is 471 g/mol. The van der Waals surface area contributed by atoms with Crippen molar-refractivity contribution < 1.29 is 23.9 Å². The molecule has 2 amide bonds. The van der Waals surface area contributed by atoms with Crippen LogP contribution in [-0.4, -0.2) is 48.0 Å². The molecule has 7 nitrogen and oxygen atoms in total. The van der Waals surface area contributed by atoms with Crippen LogP contribution in [0.5, 0.6) is 5.75 Å². The number of benzene rings is 3. The van der Waals surface area contributed by atoms with Crippen molar-refractivity contribution in [1.29, 1.82) is 0 Å². The van der Waals surface area contributed by atoms with Crippen LogP contribution in [0.3, 0.4) is 0 Å². The lowest BCUT2D eigenvalue weighted by molar-refractivity contribution is -0.142. The molecule has 35 heavy (non-hydrogen) atoms. The molecule has 0 radical (unpaired) electrons. The molecule has 0 bridgehead atoms. The van der Waals surface area contributed by atoms with Gasteiger partial charge in [0.1, 0.15) is 12.4 Å². The van der Waals surface area contributed by atoms with Crippen molar-refractivity contribution in [2.45, 2.75) is 30.9 Å². The first kappa shape index (κ1) is 22.7. The van der Waals surface area contributed by atoms with Crippen molar-refractivity contribution in [3.8, 4) is 5.75 Å². The van der Waals surface area contributed by atoms with Gasteiger partial charge in [-0.3, -0.25) is 4.79 Å². The Morgan fingerprint density at radius 2 is 1.57 bits per heavy atom. The Morgan fingerprint density at radius 1 is 0.971 bits per heavy atom. The Bertz CT molecular complexity index is 1180. The standard InChI is InChI=1S/C28H26N2O5/c1-33-23-14-12-22(13-15-23)24-16-25(35-29-24)26(31)30-27(32)34-19-28(30,17-20-8-4-2-5-9-20)18-21-10-6-3-7-11-21/h2-15,25H,16-19H2,1H3. The largest absolute Gasteiger partial charge is 0.497 e. The quantitative estimate of drug-likeness (QED) is 0.512. The third-order valence-corrected chi connectivity index (χ3v) is 6.46. The van der Waals surface area contributed by atoms with E-state index >= 15 is 0 Å². The van der Waals surface area contributed by atoms with E-state index in [0.717, 1.165) is 22.4 Å². The van der Waals surface area contributed by atoms with Gasteiger partial charge in [0.25, 0.3) is 5.91 Å². The predicted molar refractivity (Wildman–Crippen MR) is 130 cm³/mol.